The van der Waals surface area contributed by atoms with E-state index in [4.69, 9.17) is 4.74 Å². The van der Waals surface area contributed by atoms with Crippen LogP contribution < -0.4 is 4.74 Å². The maximum absolute atomic E-state index is 5.95. The lowest BCUT2D eigenvalue weighted by atomic mass is 9.79. The first-order valence-electron chi connectivity index (χ1n) is 6.55. The van der Waals surface area contributed by atoms with E-state index in [1.54, 1.807) is 6.08 Å². The quantitative estimate of drug-likeness (QED) is 0.693. The molecule has 0 aliphatic rings. The molecule has 0 bridgehead atoms. The molecule has 0 amide bonds. The lowest BCUT2D eigenvalue weighted by molar-refractivity contribution is 0.339. The fraction of sp³-hybridized carbons (Fsp3) is 0.529. The van der Waals surface area contributed by atoms with Gasteiger partial charge in [0.25, 0.3) is 0 Å². The number of rotatable bonds is 3. The third kappa shape index (κ3) is 3.38. The summed E-state index contributed by atoms with van der Waals surface area (Å²) < 4.78 is 5.95. The van der Waals surface area contributed by atoms with E-state index in [0.717, 1.165) is 5.75 Å². The van der Waals surface area contributed by atoms with Crippen molar-refractivity contribution in [1.29, 1.82) is 0 Å². The van der Waals surface area contributed by atoms with E-state index in [1.165, 1.54) is 11.1 Å². The fourth-order valence-electron chi connectivity index (χ4n) is 2.02. The number of hydrogen-bond donors (Lipinski definition) is 0. The second kappa shape index (κ2) is 5.17. The SMILES string of the molecule is C=CCOc1c(C(C)(C)C)cccc1C(C)(C)C. The summed E-state index contributed by atoms with van der Waals surface area (Å²) in [5.74, 6) is 1.03. The summed E-state index contributed by atoms with van der Waals surface area (Å²) in [6.07, 6.45) is 1.80. The average molecular weight is 246 g/mol. The Morgan fingerprint density at radius 3 is 1.78 bits per heavy atom. The molecule has 0 N–H and O–H groups in total. The number of para-hydroxylation sites is 1. The smallest absolute Gasteiger partial charge is 0.127 e. The first-order valence-corrected chi connectivity index (χ1v) is 6.55. The van der Waals surface area contributed by atoms with Gasteiger partial charge < -0.3 is 4.74 Å². The predicted molar refractivity (Wildman–Crippen MR) is 79.5 cm³/mol. The molecule has 0 aliphatic carbocycles. The van der Waals surface area contributed by atoms with E-state index in [0.29, 0.717) is 6.61 Å². The molecule has 0 saturated heterocycles. The van der Waals surface area contributed by atoms with Crippen LogP contribution in [0.5, 0.6) is 5.75 Å². The van der Waals surface area contributed by atoms with Gasteiger partial charge in [0, 0.05) is 0 Å². The normalized spacial score (nSPS) is 12.3. The zero-order chi connectivity index (χ0) is 14.0. The molecule has 0 fully saturated rings. The minimum absolute atomic E-state index is 0.0811. The summed E-state index contributed by atoms with van der Waals surface area (Å²) in [4.78, 5) is 0. The Morgan fingerprint density at radius 1 is 1.00 bits per heavy atom. The molecule has 1 aromatic rings. The van der Waals surface area contributed by atoms with Crippen LogP contribution in [0.4, 0.5) is 0 Å². The molecule has 1 nitrogen and oxygen atoms in total. The molecule has 0 atom stereocenters. The van der Waals surface area contributed by atoms with E-state index in [2.05, 4.69) is 66.3 Å². The van der Waals surface area contributed by atoms with Gasteiger partial charge in [0.1, 0.15) is 12.4 Å². The highest BCUT2D eigenvalue weighted by Crippen LogP contribution is 2.39. The van der Waals surface area contributed by atoms with Gasteiger partial charge in [0.15, 0.2) is 0 Å². The molecule has 0 aliphatic heterocycles. The van der Waals surface area contributed by atoms with Crippen LogP contribution in [-0.2, 0) is 10.8 Å². The van der Waals surface area contributed by atoms with Gasteiger partial charge in [0.05, 0.1) is 0 Å². The molecule has 1 heteroatoms. The van der Waals surface area contributed by atoms with E-state index >= 15 is 0 Å². The van der Waals surface area contributed by atoms with Gasteiger partial charge in [-0.2, -0.15) is 0 Å². The van der Waals surface area contributed by atoms with E-state index in [-0.39, 0.29) is 10.8 Å². The largest absolute Gasteiger partial charge is 0.489 e. The zero-order valence-electron chi connectivity index (χ0n) is 12.6. The molecule has 0 spiro atoms. The Bertz CT molecular complexity index is 384. The van der Waals surface area contributed by atoms with E-state index in [1.807, 2.05) is 0 Å². The standard InChI is InChI=1S/C17H26O/c1-8-12-18-15-13(16(2,3)4)10-9-11-14(15)17(5,6)7/h8-11H,1,12H2,2-7H3. The molecule has 1 rings (SSSR count). The van der Waals surface area contributed by atoms with Gasteiger partial charge in [-0.3, -0.25) is 0 Å². The van der Waals surface area contributed by atoms with Gasteiger partial charge in [-0.15, -0.1) is 0 Å². The van der Waals surface area contributed by atoms with Crippen molar-refractivity contribution in [3.05, 3.63) is 42.0 Å². The second-order valence-corrected chi connectivity index (χ2v) is 6.78. The van der Waals surface area contributed by atoms with E-state index in [9.17, 15) is 0 Å². The molecule has 0 heterocycles. The van der Waals surface area contributed by atoms with Crippen molar-refractivity contribution in [3.8, 4) is 5.75 Å². The van der Waals surface area contributed by atoms with Gasteiger partial charge in [-0.25, -0.2) is 0 Å². The lowest BCUT2D eigenvalue weighted by Crippen LogP contribution is -2.19. The predicted octanol–water partition coefficient (Wildman–Crippen LogP) is 4.85. The summed E-state index contributed by atoms with van der Waals surface area (Å²) in [6, 6.07) is 6.45. The fourth-order valence-corrected chi connectivity index (χ4v) is 2.02. The van der Waals surface area contributed by atoms with Crippen molar-refractivity contribution < 1.29 is 4.74 Å². The Morgan fingerprint density at radius 2 is 1.44 bits per heavy atom. The maximum Gasteiger partial charge on any atom is 0.127 e. The highest BCUT2D eigenvalue weighted by molar-refractivity contribution is 5.48. The van der Waals surface area contributed by atoms with Crippen molar-refractivity contribution >= 4 is 0 Å². The molecule has 0 saturated carbocycles. The summed E-state index contributed by atoms with van der Waals surface area (Å²) in [7, 11) is 0. The monoisotopic (exact) mass is 246 g/mol. The lowest BCUT2D eigenvalue weighted by Gasteiger charge is -2.29. The zero-order valence-corrected chi connectivity index (χ0v) is 12.6. The average Bonchev–Trinajstić information content (AvgIpc) is 2.23. The van der Waals surface area contributed by atoms with Crippen LogP contribution in [0.2, 0.25) is 0 Å². The summed E-state index contributed by atoms with van der Waals surface area (Å²) in [6.45, 7) is 17.6. The minimum atomic E-state index is 0.0811. The van der Waals surface area contributed by atoms with Gasteiger partial charge in [-0.1, -0.05) is 72.4 Å². The van der Waals surface area contributed by atoms with Crippen molar-refractivity contribution in [3.63, 3.8) is 0 Å². The number of hydrogen-bond acceptors (Lipinski definition) is 1. The maximum atomic E-state index is 5.95. The second-order valence-electron chi connectivity index (χ2n) is 6.78. The van der Waals surface area contributed by atoms with Crippen LogP contribution in [0.25, 0.3) is 0 Å². The van der Waals surface area contributed by atoms with Gasteiger partial charge in [0.2, 0.25) is 0 Å². The Hall–Kier alpha value is -1.24. The van der Waals surface area contributed by atoms with Crippen LogP contribution >= 0.6 is 0 Å². The van der Waals surface area contributed by atoms with Crippen LogP contribution in [0.1, 0.15) is 52.7 Å². The molecule has 0 unspecified atom stereocenters. The molecule has 100 valence electrons. The topological polar surface area (TPSA) is 9.23 Å². The molecule has 0 radical (unpaired) electrons. The van der Waals surface area contributed by atoms with Crippen molar-refractivity contribution in [1.82, 2.24) is 0 Å². The molecule has 18 heavy (non-hydrogen) atoms. The Kier molecular flexibility index (Phi) is 4.26. The highest BCUT2D eigenvalue weighted by Gasteiger charge is 2.26. The third-order valence-electron chi connectivity index (χ3n) is 2.98. The first kappa shape index (κ1) is 14.8. The summed E-state index contributed by atoms with van der Waals surface area (Å²) >= 11 is 0. The van der Waals surface area contributed by atoms with Gasteiger partial charge >= 0.3 is 0 Å². The van der Waals surface area contributed by atoms with Crippen LogP contribution in [0.3, 0.4) is 0 Å². The molecular formula is C17H26O. The molecular weight excluding hydrogens is 220 g/mol. The van der Waals surface area contributed by atoms with Crippen molar-refractivity contribution in [2.75, 3.05) is 6.61 Å². The third-order valence-corrected chi connectivity index (χ3v) is 2.98. The first-order chi connectivity index (χ1) is 8.18. The van der Waals surface area contributed by atoms with Crippen molar-refractivity contribution in [2.45, 2.75) is 52.4 Å². The summed E-state index contributed by atoms with van der Waals surface area (Å²) in [5, 5.41) is 0. The van der Waals surface area contributed by atoms with Crippen LogP contribution in [-0.4, -0.2) is 6.61 Å². The minimum Gasteiger partial charge on any atom is -0.489 e. The van der Waals surface area contributed by atoms with Crippen molar-refractivity contribution in [2.24, 2.45) is 0 Å². The summed E-state index contributed by atoms with van der Waals surface area (Å²) in [5.41, 5.74) is 2.68. The van der Waals surface area contributed by atoms with Crippen LogP contribution in [0, 0.1) is 0 Å². The van der Waals surface area contributed by atoms with Crippen LogP contribution in [0.15, 0.2) is 30.9 Å². The van der Waals surface area contributed by atoms with E-state index < -0.39 is 0 Å². The number of ether oxygens (including phenoxy) is 1. The van der Waals surface area contributed by atoms with Gasteiger partial charge in [-0.05, 0) is 22.0 Å². The molecule has 0 aromatic heterocycles. The Balaban J connectivity index is 3.40. The Labute approximate surface area is 112 Å². The highest BCUT2D eigenvalue weighted by atomic mass is 16.5. The number of benzene rings is 1. The molecule has 1 aromatic carbocycles.